The Hall–Kier alpha value is -8.08. The summed E-state index contributed by atoms with van der Waals surface area (Å²) < 4.78 is 24.5. The van der Waals surface area contributed by atoms with Gasteiger partial charge in [0.25, 0.3) is 11.8 Å². The summed E-state index contributed by atoms with van der Waals surface area (Å²) in [5.41, 5.74) is 10.5. The molecule has 0 saturated carbocycles. The highest BCUT2D eigenvalue weighted by atomic mass is 35.5. The first kappa shape index (κ1) is 61.6. The van der Waals surface area contributed by atoms with E-state index in [2.05, 4.69) is 23.6 Å². The number of nitrogens with zero attached hydrogens (tertiary/aromatic N) is 4. The van der Waals surface area contributed by atoms with Gasteiger partial charge in [0, 0.05) is 50.4 Å². The molecule has 0 aromatic heterocycles. The normalized spacial score (nSPS) is 18.6. The molecular weight excluding hydrogens is 1200 g/mol. The van der Waals surface area contributed by atoms with Gasteiger partial charge in [0.05, 0.1) is 31.5 Å². The zero-order chi connectivity index (χ0) is 61.9. The fraction of sp³-hybridized carbons (Fsp3) is 0.257. The van der Waals surface area contributed by atoms with E-state index in [1.807, 2.05) is 146 Å². The van der Waals surface area contributed by atoms with Gasteiger partial charge < -0.3 is 39.0 Å². The van der Waals surface area contributed by atoms with Crippen molar-refractivity contribution in [3.05, 3.63) is 246 Å². The summed E-state index contributed by atoms with van der Waals surface area (Å²) in [4.78, 5) is 59.1. The molecule has 8 aromatic carbocycles. The fourth-order valence-corrected chi connectivity index (χ4v) is 12.8. The van der Waals surface area contributed by atoms with Crippen LogP contribution in [0.1, 0.15) is 107 Å². The minimum atomic E-state index is -0.854. The average molecular weight is 1260 g/mol. The molecule has 2 amide bonds. The van der Waals surface area contributed by atoms with Gasteiger partial charge in [0.1, 0.15) is 48.3 Å². The van der Waals surface area contributed by atoms with E-state index in [1.54, 1.807) is 48.2 Å². The molecule has 0 aliphatic carbocycles. The lowest BCUT2D eigenvalue weighted by Gasteiger charge is -2.41. The summed E-state index contributed by atoms with van der Waals surface area (Å²) in [5, 5.41) is 22.3. The number of anilines is 2. The second kappa shape index (κ2) is 26.7. The highest BCUT2D eigenvalue weighted by Gasteiger charge is 2.42. The molecule has 18 heteroatoms. The smallest absolute Gasteiger partial charge is 0.321 e. The van der Waals surface area contributed by atoms with Crippen LogP contribution in [0.5, 0.6) is 23.0 Å². The average Bonchev–Trinajstić information content (AvgIpc) is 1.48. The van der Waals surface area contributed by atoms with E-state index in [1.165, 1.54) is 0 Å². The van der Waals surface area contributed by atoms with Gasteiger partial charge in [-0.05, 0) is 143 Å². The van der Waals surface area contributed by atoms with E-state index in [-0.39, 0.29) is 23.9 Å². The van der Waals surface area contributed by atoms with Crippen LogP contribution in [0.3, 0.4) is 0 Å². The van der Waals surface area contributed by atoms with Crippen molar-refractivity contribution >= 4 is 81.5 Å². The van der Waals surface area contributed by atoms with Crippen LogP contribution >= 0.6 is 46.4 Å². The van der Waals surface area contributed by atoms with Gasteiger partial charge in [-0.25, -0.2) is 0 Å². The summed E-state index contributed by atoms with van der Waals surface area (Å²) in [5.74, 6) is 0.356. The Morgan fingerprint density at radius 3 is 1.22 bits per heavy atom. The summed E-state index contributed by atoms with van der Waals surface area (Å²) in [6.45, 7) is 5.72. The number of carboxylic acids is 2. The number of amides is 2. The van der Waals surface area contributed by atoms with E-state index in [4.69, 9.17) is 65.4 Å². The number of carboxylic acid groups (broad SMARTS) is 2. The third-order valence-corrected chi connectivity index (χ3v) is 18.4. The van der Waals surface area contributed by atoms with E-state index in [0.717, 1.165) is 57.3 Å². The van der Waals surface area contributed by atoms with Crippen LogP contribution in [0, 0.1) is 0 Å². The molecule has 0 bridgehead atoms. The number of likely N-dealkylation sites (N-methyl/N-ethyl adjacent to an activating group) is 2. The lowest BCUT2D eigenvalue weighted by molar-refractivity contribution is -0.146. The van der Waals surface area contributed by atoms with E-state index in [9.17, 15) is 29.4 Å². The monoisotopic (exact) mass is 1260 g/mol. The predicted octanol–water partition coefficient (Wildman–Crippen LogP) is 15.3. The number of halogens is 4. The Kier molecular flexibility index (Phi) is 18.7. The van der Waals surface area contributed by atoms with Crippen molar-refractivity contribution in [3.63, 3.8) is 0 Å². The third-order valence-electron chi connectivity index (χ3n) is 16.9. The highest BCUT2D eigenvalue weighted by molar-refractivity contribution is 6.42. The molecule has 88 heavy (non-hydrogen) atoms. The van der Waals surface area contributed by atoms with Gasteiger partial charge in [-0.3, -0.25) is 29.0 Å². The van der Waals surface area contributed by atoms with Gasteiger partial charge in [-0.15, -0.1) is 0 Å². The molecule has 0 unspecified atom stereocenters. The molecule has 12 rings (SSSR count). The van der Waals surface area contributed by atoms with E-state index >= 15 is 0 Å². The van der Waals surface area contributed by atoms with Crippen molar-refractivity contribution in [2.24, 2.45) is 0 Å². The first-order valence-corrected chi connectivity index (χ1v) is 30.6. The van der Waals surface area contributed by atoms with Gasteiger partial charge >= 0.3 is 11.9 Å². The number of carbonyl (C=O) groups excluding carboxylic acids is 2. The minimum Gasteiger partial charge on any atom is -0.489 e. The van der Waals surface area contributed by atoms with Crippen LogP contribution < -0.4 is 28.7 Å². The number of hydrogen-bond donors (Lipinski definition) is 2. The third kappa shape index (κ3) is 13.1. The van der Waals surface area contributed by atoms with Crippen molar-refractivity contribution in [1.29, 1.82) is 0 Å². The van der Waals surface area contributed by atoms with Crippen LogP contribution in [0.4, 0.5) is 11.4 Å². The Bertz CT molecular complexity index is 3640. The molecule has 0 spiro atoms. The molecule has 452 valence electrons. The van der Waals surface area contributed by atoms with Crippen LogP contribution in [0.25, 0.3) is 0 Å². The van der Waals surface area contributed by atoms with Crippen LogP contribution in [-0.4, -0.2) is 69.9 Å². The zero-order valence-electron chi connectivity index (χ0n) is 48.7. The minimum absolute atomic E-state index is 0.0446. The number of carbonyl (C=O) groups is 4. The Morgan fingerprint density at radius 2 is 0.875 bits per heavy atom. The zero-order valence-corrected chi connectivity index (χ0v) is 51.8. The maximum atomic E-state index is 13.5. The van der Waals surface area contributed by atoms with Crippen molar-refractivity contribution < 1.29 is 48.3 Å². The summed E-state index contributed by atoms with van der Waals surface area (Å²) in [6.07, 6.45) is 0.587. The lowest BCUT2D eigenvalue weighted by atomic mass is 9.89. The molecular formula is C70H64Cl4N4O10. The molecule has 6 atom stereocenters. The van der Waals surface area contributed by atoms with Crippen LogP contribution in [-0.2, 0) is 58.3 Å². The molecule has 8 aromatic rings. The molecule has 4 aliphatic heterocycles. The van der Waals surface area contributed by atoms with Gasteiger partial charge in [-0.1, -0.05) is 157 Å². The first-order valence-electron chi connectivity index (χ1n) is 29.1. The predicted molar refractivity (Wildman–Crippen MR) is 341 cm³/mol. The molecule has 4 heterocycles. The first-order chi connectivity index (χ1) is 42.5. The van der Waals surface area contributed by atoms with Gasteiger partial charge in [0.15, 0.2) is 0 Å². The number of hydrogen-bond acceptors (Lipinski definition) is 10. The van der Waals surface area contributed by atoms with E-state index in [0.29, 0.717) is 105 Å². The number of aliphatic carboxylic acids is 2. The quantitative estimate of drug-likeness (QED) is 0.0944. The largest absolute Gasteiger partial charge is 0.489 e. The lowest BCUT2D eigenvalue weighted by Crippen LogP contribution is -2.47. The highest BCUT2D eigenvalue weighted by Crippen LogP contribution is 2.46. The van der Waals surface area contributed by atoms with E-state index < -0.39 is 36.2 Å². The van der Waals surface area contributed by atoms with Gasteiger partial charge in [-0.2, -0.15) is 0 Å². The summed E-state index contributed by atoms with van der Waals surface area (Å²) in [6, 6.07) is 51.6. The summed E-state index contributed by atoms with van der Waals surface area (Å²) in [7, 11) is 3.45. The molecule has 0 saturated heterocycles. The molecule has 4 aliphatic rings. The fourth-order valence-electron chi connectivity index (χ4n) is 12.2. The van der Waals surface area contributed by atoms with Crippen LogP contribution in [0.2, 0.25) is 20.1 Å². The summed E-state index contributed by atoms with van der Waals surface area (Å²) >= 11 is 24.2. The van der Waals surface area contributed by atoms with Gasteiger partial charge in [0.2, 0.25) is 12.2 Å². The number of fused-ring (bicyclic) bond motifs is 4. The van der Waals surface area contributed by atoms with Crippen molar-refractivity contribution in [3.8, 4) is 23.0 Å². The number of rotatable bonds is 16. The van der Waals surface area contributed by atoms with Crippen molar-refractivity contribution in [2.45, 2.75) is 102 Å². The van der Waals surface area contributed by atoms with Crippen LogP contribution in [0.15, 0.2) is 170 Å². The maximum absolute atomic E-state index is 13.5. The van der Waals surface area contributed by atoms with Crippen molar-refractivity contribution in [1.82, 2.24) is 9.80 Å². The number of ether oxygens (including phenoxy) is 4. The Balaban J connectivity index is 0.000000182. The SMILES string of the molecule is CC[C@@H](c1ccccc1)N1Cc2cc3c(cc2C[C@H]1C(=O)O)N(C)C(=O)[C@H](c1ccc(OCc2ccc(Cl)c(Cl)c2)cc1)O3.CC[C@H](c1ccccc1)N1Cc2cc3c(cc2C[C@H]1C(=O)O)N(C)C(=O)[C@H](c1ccc(OCc2ccc(Cl)c(Cl)c2)cc1)O3. The van der Waals surface area contributed by atoms with Crippen molar-refractivity contribution in [2.75, 3.05) is 23.9 Å². The maximum Gasteiger partial charge on any atom is 0.321 e. The molecule has 2 N–H and O–H groups in total. The second-order valence-electron chi connectivity index (χ2n) is 22.3. The molecule has 0 radical (unpaired) electrons. The topological polar surface area (TPSA) is 159 Å². The standard InChI is InChI=1S/2C35H32Cl2N2O5/c2*1-3-29(22-7-5-4-6-8-22)39-19-25-18-32-30(16-24(25)17-31(39)35(41)42)38(2)34(40)33(44-32)23-10-12-26(13-11-23)43-20-21-9-14-27(36)28(37)15-21/h2*4-16,18,29,31,33H,3,17,19-20H2,1-2H3,(H,41,42)/t29-,31+,33+;29-,31-,33-/m10/s1. The Labute approximate surface area is 531 Å². The molecule has 0 fully saturated rings. The second-order valence-corrected chi connectivity index (χ2v) is 23.9. The molecule has 14 nitrogen and oxygen atoms in total. The Morgan fingerprint density at radius 1 is 0.500 bits per heavy atom. The number of benzene rings is 8.